The van der Waals surface area contributed by atoms with Crippen molar-refractivity contribution >= 4 is 5.91 Å². The van der Waals surface area contributed by atoms with Crippen LogP contribution in [0.4, 0.5) is 0 Å². The zero-order chi connectivity index (χ0) is 14.4. The van der Waals surface area contributed by atoms with Gasteiger partial charge in [-0.05, 0) is 31.2 Å². The third kappa shape index (κ3) is 4.05. The molecule has 1 aromatic carbocycles. The summed E-state index contributed by atoms with van der Waals surface area (Å²) in [5.74, 6) is 0.425. The summed E-state index contributed by atoms with van der Waals surface area (Å²) >= 11 is 0. The van der Waals surface area contributed by atoms with E-state index >= 15 is 0 Å². The molecule has 0 aromatic heterocycles. The zero-order valence-electron chi connectivity index (χ0n) is 11.9. The molecule has 4 heteroatoms. The Morgan fingerprint density at radius 1 is 1.40 bits per heavy atom. The minimum absolute atomic E-state index is 0.00727. The van der Waals surface area contributed by atoms with Gasteiger partial charge in [0.25, 0.3) is 0 Å². The summed E-state index contributed by atoms with van der Waals surface area (Å²) in [6.07, 6.45) is 2.79. The lowest BCUT2D eigenvalue weighted by Gasteiger charge is -2.34. The van der Waals surface area contributed by atoms with Crippen LogP contribution in [0, 0.1) is 5.92 Å². The molecule has 1 fully saturated rings. The monoisotopic (exact) mass is 277 g/mol. The molecule has 1 aliphatic carbocycles. The molecule has 1 atom stereocenters. The fourth-order valence-corrected chi connectivity index (χ4v) is 2.65. The van der Waals surface area contributed by atoms with Crippen LogP contribution in [0.5, 0.6) is 0 Å². The lowest BCUT2D eigenvalue weighted by Crippen LogP contribution is -2.37. The van der Waals surface area contributed by atoms with Crippen molar-refractivity contribution in [1.82, 2.24) is 5.32 Å². The van der Waals surface area contributed by atoms with E-state index in [1.807, 2.05) is 37.3 Å². The summed E-state index contributed by atoms with van der Waals surface area (Å²) in [5, 5.41) is 12.3. The van der Waals surface area contributed by atoms with Gasteiger partial charge in [-0.15, -0.1) is 0 Å². The predicted octanol–water partition coefficient (Wildman–Crippen LogP) is 2.04. The molecule has 20 heavy (non-hydrogen) atoms. The third-order valence-electron chi connectivity index (χ3n) is 3.79. The van der Waals surface area contributed by atoms with E-state index in [9.17, 15) is 9.90 Å². The van der Waals surface area contributed by atoms with E-state index in [1.165, 1.54) is 0 Å². The van der Waals surface area contributed by atoms with Crippen molar-refractivity contribution in [3.8, 4) is 0 Å². The summed E-state index contributed by atoms with van der Waals surface area (Å²) in [6, 6.07) is 9.24. The molecule has 0 bridgehead atoms. The second kappa shape index (κ2) is 7.41. The van der Waals surface area contributed by atoms with Crippen LogP contribution in [0.25, 0.3) is 0 Å². The maximum absolute atomic E-state index is 12.0. The number of benzene rings is 1. The van der Waals surface area contributed by atoms with Crippen LogP contribution in [0.3, 0.4) is 0 Å². The molecule has 1 aliphatic rings. The molecule has 0 radical (unpaired) electrons. The molecule has 2 N–H and O–H groups in total. The second-order valence-corrected chi connectivity index (χ2v) is 5.33. The summed E-state index contributed by atoms with van der Waals surface area (Å²) in [5.41, 5.74) is 0.934. The van der Waals surface area contributed by atoms with E-state index in [1.54, 1.807) is 0 Å². The van der Waals surface area contributed by atoms with Crippen LogP contribution in [-0.4, -0.2) is 30.3 Å². The maximum Gasteiger partial charge on any atom is 0.220 e. The molecule has 110 valence electrons. The number of hydrogen-bond acceptors (Lipinski definition) is 3. The average molecular weight is 277 g/mol. The Balaban J connectivity index is 1.76. The van der Waals surface area contributed by atoms with Crippen LogP contribution in [-0.2, 0) is 9.53 Å². The quantitative estimate of drug-likeness (QED) is 0.802. The van der Waals surface area contributed by atoms with Crippen LogP contribution in [0.2, 0.25) is 0 Å². The first-order chi connectivity index (χ1) is 9.72. The Hall–Kier alpha value is -1.39. The first-order valence-corrected chi connectivity index (χ1v) is 7.29. The van der Waals surface area contributed by atoms with Crippen molar-refractivity contribution in [2.75, 3.05) is 13.2 Å². The van der Waals surface area contributed by atoms with Crippen molar-refractivity contribution in [2.45, 2.75) is 38.3 Å². The molecule has 1 amide bonds. The summed E-state index contributed by atoms with van der Waals surface area (Å²) in [6.45, 7) is 2.65. The van der Waals surface area contributed by atoms with Gasteiger partial charge in [-0.1, -0.05) is 30.3 Å². The SMILES string of the molecule is CCOC1CC(CC(=O)N[C@@H](CO)c2ccccc2)C1. The van der Waals surface area contributed by atoms with E-state index in [0.717, 1.165) is 25.0 Å². The molecule has 0 unspecified atom stereocenters. The van der Waals surface area contributed by atoms with Crippen molar-refractivity contribution in [2.24, 2.45) is 5.92 Å². The van der Waals surface area contributed by atoms with Gasteiger partial charge < -0.3 is 15.2 Å². The number of carbonyl (C=O) groups is 1. The Morgan fingerprint density at radius 3 is 2.70 bits per heavy atom. The topological polar surface area (TPSA) is 58.6 Å². The van der Waals surface area contributed by atoms with Gasteiger partial charge in [0.2, 0.25) is 5.91 Å². The van der Waals surface area contributed by atoms with Crippen LogP contribution >= 0.6 is 0 Å². The van der Waals surface area contributed by atoms with E-state index in [4.69, 9.17) is 4.74 Å². The van der Waals surface area contributed by atoms with Gasteiger partial charge >= 0.3 is 0 Å². The summed E-state index contributed by atoms with van der Waals surface area (Å²) < 4.78 is 5.49. The van der Waals surface area contributed by atoms with Gasteiger partial charge in [0, 0.05) is 13.0 Å². The smallest absolute Gasteiger partial charge is 0.220 e. The highest BCUT2D eigenvalue weighted by Gasteiger charge is 2.31. The standard InChI is InChI=1S/C16H23NO3/c1-2-20-14-8-12(9-14)10-16(19)17-15(11-18)13-6-4-3-5-7-13/h3-7,12,14-15,18H,2,8-11H2,1H3,(H,17,19)/t12?,14?,15-/m0/s1. The van der Waals surface area contributed by atoms with E-state index in [-0.39, 0.29) is 18.6 Å². The van der Waals surface area contributed by atoms with Crippen LogP contribution in [0.15, 0.2) is 30.3 Å². The van der Waals surface area contributed by atoms with Gasteiger partial charge in [0.15, 0.2) is 0 Å². The van der Waals surface area contributed by atoms with Crippen molar-refractivity contribution < 1.29 is 14.6 Å². The van der Waals surface area contributed by atoms with E-state index < -0.39 is 0 Å². The number of carbonyl (C=O) groups excluding carboxylic acids is 1. The third-order valence-corrected chi connectivity index (χ3v) is 3.79. The minimum Gasteiger partial charge on any atom is -0.394 e. The Bertz CT molecular complexity index is 415. The summed E-state index contributed by atoms with van der Waals surface area (Å²) in [7, 11) is 0. The minimum atomic E-state index is -0.313. The second-order valence-electron chi connectivity index (χ2n) is 5.33. The highest BCUT2D eigenvalue weighted by molar-refractivity contribution is 5.76. The molecule has 1 saturated carbocycles. The molecular formula is C16H23NO3. The highest BCUT2D eigenvalue weighted by atomic mass is 16.5. The van der Waals surface area contributed by atoms with Crippen LogP contribution < -0.4 is 5.32 Å². The van der Waals surface area contributed by atoms with Gasteiger partial charge in [-0.25, -0.2) is 0 Å². The van der Waals surface area contributed by atoms with Gasteiger partial charge in [0.1, 0.15) is 0 Å². The first kappa shape index (κ1) is 15.0. The molecular weight excluding hydrogens is 254 g/mol. The van der Waals surface area contributed by atoms with Gasteiger partial charge in [-0.3, -0.25) is 4.79 Å². The molecule has 4 nitrogen and oxygen atoms in total. The number of hydrogen-bond donors (Lipinski definition) is 2. The van der Waals surface area contributed by atoms with Gasteiger partial charge in [-0.2, -0.15) is 0 Å². The molecule has 0 saturated heterocycles. The fourth-order valence-electron chi connectivity index (χ4n) is 2.65. The fraction of sp³-hybridized carbons (Fsp3) is 0.562. The number of rotatable bonds is 7. The van der Waals surface area contributed by atoms with E-state index in [2.05, 4.69) is 5.32 Å². The molecule has 1 aromatic rings. The Kier molecular flexibility index (Phi) is 5.56. The normalized spacial score (nSPS) is 22.9. The van der Waals surface area contributed by atoms with Crippen molar-refractivity contribution in [3.63, 3.8) is 0 Å². The molecule has 0 spiro atoms. The largest absolute Gasteiger partial charge is 0.394 e. The first-order valence-electron chi connectivity index (χ1n) is 7.29. The predicted molar refractivity (Wildman–Crippen MR) is 77.2 cm³/mol. The average Bonchev–Trinajstić information content (AvgIpc) is 2.43. The van der Waals surface area contributed by atoms with Crippen LogP contribution in [0.1, 0.15) is 37.8 Å². The number of ether oxygens (including phenoxy) is 1. The molecule has 0 aliphatic heterocycles. The number of aliphatic hydroxyl groups excluding tert-OH is 1. The van der Waals surface area contributed by atoms with Crippen molar-refractivity contribution in [3.05, 3.63) is 35.9 Å². The maximum atomic E-state index is 12.0. The Labute approximate surface area is 120 Å². The molecule has 0 heterocycles. The highest BCUT2D eigenvalue weighted by Crippen LogP contribution is 2.32. The zero-order valence-corrected chi connectivity index (χ0v) is 11.9. The van der Waals surface area contributed by atoms with E-state index in [0.29, 0.717) is 18.4 Å². The number of aliphatic hydroxyl groups is 1. The lowest BCUT2D eigenvalue weighted by molar-refractivity contribution is -0.125. The summed E-state index contributed by atoms with van der Waals surface area (Å²) in [4.78, 5) is 12.0. The number of amides is 1. The lowest BCUT2D eigenvalue weighted by atomic mass is 9.80. The number of nitrogens with one attached hydrogen (secondary N) is 1. The molecule has 2 rings (SSSR count). The Morgan fingerprint density at radius 2 is 2.10 bits per heavy atom. The van der Waals surface area contributed by atoms with Crippen molar-refractivity contribution in [1.29, 1.82) is 0 Å². The van der Waals surface area contributed by atoms with Gasteiger partial charge in [0.05, 0.1) is 18.8 Å².